The Morgan fingerprint density at radius 3 is 2.43 bits per heavy atom. The predicted molar refractivity (Wildman–Crippen MR) is 245 cm³/mol. The molecule has 6 rings (SSSR count). The molecule has 4 aromatic rings. The van der Waals surface area contributed by atoms with Crippen LogP contribution in [0.4, 0.5) is 4.79 Å². The maximum absolute atomic E-state index is 13.6. The molecule has 14 nitrogen and oxygen atoms in total. The van der Waals surface area contributed by atoms with Crippen LogP contribution < -0.4 is 21.3 Å². The highest BCUT2D eigenvalue weighted by Crippen LogP contribution is 2.32. The Hall–Kier alpha value is -6.72. The molecular formula is C49H60N8O6. The Kier molecular flexibility index (Phi) is 18.1. The number of aromatic nitrogens is 2. The number of H-pyrrole nitrogens is 1. The van der Waals surface area contributed by atoms with Crippen molar-refractivity contribution in [1.82, 2.24) is 36.1 Å². The first-order valence-corrected chi connectivity index (χ1v) is 21.4. The Morgan fingerprint density at radius 1 is 1.02 bits per heavy atom. The van der Waals surface area contributed by atoms with E-state index in [0.29, 0.717) is 26.1 Å². The van der Waals surface area contributed by atoms with E-state index in [1.807, 2.05) is 73.5 Å². The highest BCUT2D eigenvalue weighted by Gasteiger charge is 2.36. The third-order valence-corrected chi connectivity index (χ3v) is 11.1. The molecule has 1 aliphatic carbocycles. The summed E-state index contributed by atoms with van der Waals surface area (Å²) in [5, 5.41) is 12.5. The summed E-state index contributed by atoms with van der Waals surface area (Å²) in [7, 11) is 4.41. The summed E-state index contributed by atoms with van der Waals surface area (Å²) in [6.07, 6.45) is 7.16. The quantitative estimate of drug-likeness (QED) is 0.0372. The molecule has 1 fully saturated rings. The number of nitrogens with one attached hydrogen (secondary N) is 5. The third kappa shape index (κ3) is 13.1. The summed E-state index contributed by atoms with van der Waals surface area (Å²) >= 11 is 0. The van der Waals surface area contributed by atoms with Crippen molar-refractivity contribution < 1.29 is 28.7 Å². The highest BCUT2D eigenvalue weighted by molar-refractivity contribution is 5.86. The van der Waals surface area contributed by atoms with Crippen LogP contribution in [0.25, 0.3) is 17.0 Å². The number of allylic oxidation sites excluding steroid dienone is 1. The second-order valence-corrected chi connectivity index (χ2v) is 15.7. The number of aryl methyl sites for hydroxylation is 2. The normalized spacial score (nSPS) is 15.1. The average Bonchev–Trinajstić information content (AvgIpc) is 4.00. The molecule has 3 atom stereocenters. The van der Waals surface area contributed by atoms with Gasteiger partial charge in [-0.25, -0.2) is 9.78 Å². The minimum absolute atomic E-state index is 0.0197. The molecule has 1 aromatic heterocycles. The van der Waals surface area contributed by atoms with Crippen molar-refractivity contribution in [2.75, 3.05) is 40.9 Å². The minimum Gasteiger partial charge on any atom is -0.471 e. The van der Waals surface area contributed by atoms with Gasteiger partial charge in [0.1, 0.15) is 17.9 Å². The van der Waals surface area contributed by atoms with Gasteiger partial charge in [-0.15, -0.1) is 0 Å². The number of methoxy groups -OCH3 is 2. The first kappa shape index (κ1) is 47.3. The van der Waals surface area contributed by atoms with E-state index < -0.39 is 12.1 Å². The first-order chi connectivity index (χ1) is 30.6. The van der Waals surface area contributed by atoms with E-state index in [1.54, 1.807) is 7.05 Å². The number of imidazole rings is 1. The van der Waals surface area contributed by atoms with Crippen LogP contribution in [0, 0.1) is 17.8 Å². The fraction of sp³-hybridized carbons (Fsp3) is 0.388. The number of amides is 3. The van der Waals surface area contributed by atoms with E-state index in [9.17, 15) is 14.4 Å². The number of ether oxygens (including phenoxy) is 2. The van der Waals surface area contributed by atoms with Gasteiger partial charge in [0.25, 0.3) is 6.47 Å². The third-order valence-electron chi connectivity index (χ3n) is 11.1. The number of alkyl carbamates (subject to hydrolysis) is 1. The molecule has 3 aromatic carbocycles. The maximum Gasteiger partial charge on any atom is 0.407 e. The second-order valence-electron chi connectivity index (χ2n) is 15.7. The molecule has 5 N–H and O–H groups in total. The molecule has 2 aliphatic rings. The molecular weight excluding hydrogens is 797 g/mol. The van der Waals surface area contributed by atoms with Gasteiger partial charge in [0.2, 0.25) is 11.8 Å². The van der Waals surface area contributed by atoms with Gasteiger partial charge < -0.3 is 40.6 Å². The summed E-state index contributed by atoms with van der Waals surface area (Å²) in [5.74, 6) is 7.40. The van der Waals surface area contributed by atoms with Gasteiger partial charge in [-0.05, 0) is 99.2 Å². The van der Waals surface area contributed by atoms with Crippen molar-refractivity contribution in [3.8, 4) is 23.1 Å². The zero-order valence-electron chi connectivity index (χ0n) is 37.0. The average molecular weight is 857 g/mol. The molecule has 332 valence electrons. The van der Waals surface area contributed by atoms with Crippen molar-refractivity contribution in [3.05, 3.63) is 118 Å². The standard InChI is InChI=1S/C47H56N8O4.C2H4O2/c1-31(2)42(54-47(58)59-5)46(57)55-27-11-14-37(55)29-52-44-38-24-20-33(28-36(38)23-25-39(44)48-3)17-16-32-18-21-34(22-19-32)40-30-51-41(53-40)15-9-10-26-50-45(56)43(49-4)35-12-7-6-8-13-35;1-4-2-3/h6-8,12-13,18-22,24,28,30-31,37,42-43,49,52H,3,9-11,14-15,23,25-27,29H2,1-2,4-5H3,(H,50,56)(H,51,53)(H,54,58);2H,1H3. The van der Waals surface area contributed by atoms with Gasteiger partial charge in [0, 0.05) is 48.8 Å². The van der Waals surface area contributed by atoms with Gasteiger partial charge in [-0.1, -0.05) is 74.2 Å². The van der Waals surface area contributed by atoms with Gasteiger partial charge >= 0.3 is 6.09 Å². The number of aromatic amines is 1. The summed E-state index contributed by atoms with van der Waals surface area (Å²) in [4.78, 5) is 61.5. The van der Waals surface area contributed by atoms with Crippen molar-refractivity contribution >= 4 is 36.8 Å². The van der Waals surface area contributed by atoms with Crippen molar-refractivity contribution in [2.45, 2.75) is 76.9 Å². The lowest BCUT2D eigenvalue weighted by molar-refractivity contribution is -0.135. The molecule has 1 aliphatic heterocycles. The van der Waals surface area contributed by atoms with E-state index in [-0.39, 0.29) is 29.8 Å². The number of nitrogens with zero attached hydrogens (tertiary/aromatic N) is 3. The molecule has 2 heterocycles. The van der Waals surface area contributed by atoms with Crippen molar-refractivity contribution in [2.24, 2.45) is 10.9 Å². The summed E-state index contributed by atoms with van der Waals surface area (Å²) < 4.78 is 8.64. The van der Waals surface area contributed by atoms with Crippen LogP contribution in [0.5, 0.6) is 0 Å². The first-order valence-electron chi connectivity index (χ1n) is 21.4. The monoisotopic (exact) mass is 856 g/mol. The summed E-state index contributed by atoms with van der Waals surface area (Å²) in [5.41, 5.74) is 8.90. The van der Waals surface area contributed by atoms with Crippen molar-refractivity contribution in [3.63, 3.8) is 0 Å². The number of likely N-dealkylation sites (tertiary alicyclic amines) is 1. The van der Waals surface area contributed by atoms with Gasteiger partial charge in [-0.3, -0.25) is 19.4 Å². The summed E-state index contributed by atoms with van der Waals surface area (Å²) in [6, 6.07) is 23.1. The fourth-order valence-electron chi connectivity index (χ4n) is 7.79. The molecule has 14 heteroatoms. The number of hydrogen-bond acceptors (Lipinski definition) is 10. The smallest absolute Gasteiger partial charge is 0.407 e. The van der Waals surface area contributed by atoms with Crippen LogP contribution in [0.3, 0.4) is 0 Å². The number of carbonyl (C=O) groups is 4. The van der Waals surface area contributed by atoms with Gasteiger partial charge in [0.05, 0.1) is 37.5 Å². The second kappa shape index (κ2) is 24.1. The number of aliphatic imine (C=N–C) groups is 1. The molecule has 0 radical (unpaired) electrons. The lowest BCUT2D eigenvalue weighted by Gasteiger charge is -2.32. The molecule has 3 amide bonds. The van der Waals surface area contributed by atoms with E-state index in [1.165, 1.54) is 19.8 Å². The van der Waals surface area contributed by atoms with Crippen molar-refractivity contribution in [1.29, 1.82) is 0 Å². The largest absolute Gasteiger partial charge is 0.471 e. The van der Waals surface area contributed by atoms with Crippen LogP contribution in [0.2, 0.25) is 0 Å². The number of unbranched alkanes of at least 4 members (excludes halogenated alkanes) is 1. The lowest BCUT2D eigenvalue weighted by atomic mass is 9.90. The van der Waals surface area contributed by atoms with Crippen LogP contribution in [0.1, 0.15) is 85.6 Å². The Balaban J connectivity index is 0.00000179. The van der Waals surface area contributed by atoms with E-state index in [2.05, 4.69) is 83.8 Å². The maximum atomic E-state index is 13.6. The lowest BCUT2D eigenvalue weighted by Crippen LogP contribution is -2.53. The Labute approximate surface area is 370 Å². The minimum atomic E-state index is -0.654. The number of fused-ring (bicyclic) bond motifs is 1. The van der Waals surface area contributed by atoms with E-state index in [4.69, 9.17) is 9.53 Å². The molecule has 0 spiro atoms. The van der Waals surface area contributed by atoms with E-state index >= 15 is 0 Å². The van der Waals surface area contributed by atoms with Crippen LogP contribution in [0.15, 0.2) is 89.7 Å². The Bertz CT molecular complexity index is 2260. The van der Waals surface area contributed by atoms with Crippen LogP contribution in [-0.4, -0.2) is 99.0 Å². The SMILES string of the molecule is C=NC1=C(NCC2CCCN2C(=O)C(NC(=O)OC)C(C)C)c2ccc(C#Cc3ccc(-c4cnc(CCCCNC(=O)C(NC)c5ccccc5)[nH]4)cc3)cc2CC1.COC=O. The fourth-order valence-corrected chi connectivity index (χ4v) is 7.79. The van der Waals surface area contributed by atoms with Crippen LogP contribution in [-0.2, 0) is 36.7 Å². The number of likely N-dealkylation sites (N-methyl/N-ethyl adjacent to an activating group) is 1. The van der Waals surface area contributed by atoms with E-state index in [0.717, 1.165) is 95.7 Å². The van der Waals surface area contributed by atoms with Gasteiger partial charge in [-0.2, -0.15) is 0 Å². The predicted octanol–water partition coefficient (Wildman–Crippen LogP) is 5.94. The molecule has 0 saturated carbocycles. The molecule has 0 bridgehead atoms. The number of rotatable bonds is 17. The zero-order valence-corrected chi connectivity index (χ0v) is 37.0. The zero-order chi connectivity index (χ0) is 45.1. The number of carbonyl (C=O) groups excluding carboxylic acids is 4. The Morgan fingerprint density at radius 2 is 1.75 bits per heavy atom. The number of benzene rings is 3. The highest BCUT2D eigenvalue weighted by atomic mass is 16.5. The van der Waals surface area contributed by atoms with Gasteiger partial charge in [0.15, 0.2) is 0 Å². The topological polar surface area (TPSA) is 179 Å². The van der Waals surface area contributed by atoms with Crippen LogP contribution >= 0.6 is 0 Å². The molecule has 1 saturated heterocycles. The number of hydrogen-bond donors (Lipinski definition) is 5. The summed E-state index contributed by atoms with van der Waals surface area (Å²) in [6.45, 7) is 9.88. The molecule has 3 unspecified atom stereocenters. The molecule has 63 heavy (non-hydrogen) atoms.